The van der Waals surface area contributed by atoms with Gasteiger partial charge in [-0.3, -0.25) is 4.99 Å². The number of rotatable bonds is 7. The highest BCUT2D eigenvalue weighted by atomic mass is 16.5. The largest absolute Gasteiger partial charge is 0.497 e. The van der Waals surface area contributed by atoms with Crippen LogP contribution in [0.1, 0.15) is 12.0 Å². The first-order chi connectivity index (χ1) is 15.7. The van der Waals surface area contributed by atoms with Crippen molar-refractivity contribution in [1.82, 2.24) is 10.6 Å². The lowest BCUT2D eigenvalue weighted by molar-refractivity contribution is 0.394. The second kappa shape index (κ2) is 10.3. The van der Waals surface area contributed by atoms with Crippen LogP contribution in [0.25, 0.3) is 0 Å². The van der Waals surface area contributed by atoms with Crippen LogP contribution in [0.15, 0.2) is 59.6 Å². The van der Waals surface area contributed by atoms with Gasteiger partial charge in [0.15, 0.2) is 5.96 Å². The van der Waals surface area contributed by atoms with E-state index in [1.807, 2.05) is 13.1 Å². The number of benzene rings is 2. The molecular formula is C25H33N5O2. The Balaban J connectivity index is 1.29. The van der Waals surface area contributed by atoms with E-state index >= 15 is 0 Å². The van der Waals surface area contributed by atoms with Crippen LogP contribution in [0.2, 0.25) is 0 Å². The topological polar surface area (TPSA) is 61.4 Å². The fraction of sp³-hybridized carbons (Fsp3) is 0.400. The summed E-state index contributed by atoms with van der Waals surface area (Å²) in [6.07, 6.45) is 5.46. The van der Waals surface area contributed by atoms with E-state index < -0.39 is 0 Å². The molecule has 2 aliphatic heterocycles. The molecule has 32 heavy (non-hydrogen) atoms. The SMILES string of the molecule is CN=C(NCc1ccc(N2CC=CC2)cc1)NC1CCN(c2cc(OC)cc(OC)c2)C1. The molecule has 170 valence electrons. The van der Waals surface area contributed by atoms with Crippen molar-refractivity contribution >= 4 is 17.3 Å². The van der Waals surface area contributed by atoms with Gasteiger partial charge < -0.3 is 29.9 Å². The van der Waals surface area contributed by atoms with Gasteiger partial charge in [0, 0.05) is 75.4 Å². The van der Waals surface area contributed by atoms with Crippen LogP contribution >= 0.6 is 0 Å². The van der Waals surface area contributed by atoms with Crippen molar-refractivity contribution < 1.29 is 9.47 Å². The van der Waals surface area contributed by atoms with Crippen molar-refractivity contribution in [2.75, 3.05) is 57.2 Å². The Morgan fingerprint density at radius 2 is 1.66 bits per heavy atom. The second-order valence-corrected chi connectivity index (χ2v) is 8.12. The van der Waals surface area contributed by atoms with Crippen LogP contribution in [-0.4, -0.2) is 59.4 Å². The standard InChI is InChI=1S/C25H33N5O2/c1-26-25(27-17-19-6-8-21(9-7-19)29-11-4-5-12-29)28-20-10-13-30(18-20)22-14-23(31-2)16-24(15-22)32-3/h4-9,14-16,20H,10-13,17-18H2,1-3H3,(H2,26,27,28). The highest BCUT2D eigenvalue weighted by Crippen LogP contribution is 2.30. The van der Waals surface area contributed by atoms with E-state index in [-0.39, 0.29) is 0 Å². The minimum atomic E-state index is 0.323. The van der Waals surface area contributed by atoms with Gasteiger partial charge in [0.05, 0.1) is 14.2 Å². The molecule has 2 N–H and O–H groups in total. The molecule has 7 nitrogen and oxygen atoms in total. The minimum Gasteiger partial charge on any atom is -0.497 e. The van der Waals surface area contributed by atoms with Gasteiger partial charge in [-0.25, -0.2) is 0 Å². The number of ether oxygens (including phenoxy) is 2. The molecule has 1 saturated heterocycles. The van der Waals surface area contributed by atoms with Crippen molar-refractivity contribution in [2.24, 2.45) is 4.99 Å². The van der Waals surface area contributed by atoms with Crippen molar-refractivity contribution in [3.63, 3.8) is 0 Å². The fourth-order valence-electron chi connectivity index (χ4n) is 4.17. The highest BCUT2D eigenvalue weighted by molar-refractivity contribution is 5.80. The number of aliphatic imine (C=N–C) groups is 1. The van der Waals surface area contributed by atoms with E-state index in [1.165, 1.54) is 11.3 Å². The molecule has 0 saturated carbocycles. The van der Waals surface area contributed by atoms with Crippen LogP contribution in [0.3, 0.4) is 0 Å². The fourth-order valence-corrected chi connectivity index (χ4v) is 4.17. The summed E-state index contributed by atoms with van der Waals surface area (Å²) in [5.74, 6) is 2.44. The molecule has 2 heterocycles. The summed E-state index contributed by atoms with van der Waals surface area (Å²) in [5.41, 5.74) is 3.61. The lowest BCUT2D eigenvalue weighted by Gasteiger charge is -2.21. The Hall–Kier alpha value is -3.35. The van der Waals surface area contributed by atoms with E-state index in [0.717, 1.165) is 62.3 Å². The van der Waals surface area contributed by atoms with Crippen molar-refractivity contribution in [2.45, 2.75) is 19.0 Å². The minimum absolute atomic E-state index is 0.323. The van der Waals surface area contributed by atoms with Crippen molar-refractivity contribution in [3.05, 3.63) is 60.2 Å². The molecule has 0 amide bonds. The Morgan fingerprint density at radius 1 is 0.969 bits per heavy atom. The maximum absolute atomic E-state index is 5.42. The van der Waals surface area contributed by atoms with Gasteiger partial charge in [-0.1, -0.05) is 24.3 Å². The molecule has 4 rings (SSSR count). The van der Waals surface area contributed by atoms with Gasteiger partial charge in [0.25, 0.3) is 0 Å². The number of nitrogens with zero attached hydrogens (tertiary/aromatic N) is 3. The zero-order chi connectivity index (χ0) is 22.3. The molecule has 2 aliphatic rings. The quantitative estimate of drug-likeness (QED) is 0.396. The average Bonchev–Trinajstić information content (AvgIpc) is 3.54. The molecule has 0 bridgehead atoms. The second-order valence-electron chi connectivity index (χ2n) is 8.12. The molecule has 1 atom stereocenters. The molecule has 1 fully saturated rings. The lowest BCUT2D eigenvalue weighted by atomic mass is 10.2. The third kappa shape index (κ3) is 5.28. The molecule has 0 radical (unpaired) electrons. The average molecular weight is 436 g/mol. The first-order valence-electron chi connectivity index (χ1n) is 11.1. The van der Waals surface area contributed by atoms with Crippen LogP contribution in [0.5, 0.6) is 11.5 Å². The number of guanidine groups is 1. The van der Waals surface area contributed by atoms with E-state index in [1.54, 1.807) is 14.2 Å². The summed E-state index contributed by atoms with van der Waals surface area (Å²) >= 11 is 0. The summed E-state index contributed by atoms with van der Waals surface area (Å²) in [7, 11) is 5.18. The molecule has 1 unspecified atom stereocenters. The Kier molecular flexibility index (Phi) is 7.04. The number of hydrogen-bond donors (Lipinski definition) is 2. The summed E-state index contributed by atoms with van der Waals surface area (Å²) in [4.78, 5) is 9.12. The van der Waals surface area contributed by atoms with Crippen LogP contribution < -0.4 is 29.9 Å². The number of hydrogen-bond acceptors (Lipinski definition) is 5. The number of anilines is 2. The maximum Gasteiger partial charge on any atom is 0.191 e. The molecule has 0 spiro atoms. The zero-order valence-corrected chi connectivity index (χ0v) is 19.2. The van der Waals surface area contributed by atoms with Gasteiger partial charge in [-0.05, 0) is 24.1 Å². The Bertz CT molecular complexity index is 927. The maximum atomic E-state index is 5.42. The predicted octanol–water partition coefficient (Wildman–Crippen LogP) is 3.02. The highest BCUT2D eigenvalue weighted by Gasteiger charge is 2.24. The molecule has 0 aliphatic carbocycles. The van der Waals surface area contributed by atoms with Gasteiger partial charge >= 0.3 is 0 Å². The Labute approximate surface area is 190 Å². The van der Waals surface area contributed by atoms with Crippen molar-refractivity contribution in [1.29, 1.82) is 0 Å². The van der Waals surface area contributed by atoms with Gasteiger partial charge in [0.2, 0.25) is 0 Å². The predicted molar refractivity (Wildman–Crippen MR) is 131 cm³/mol. The molecule has 0 aromatic heterocycles. The van der Waals surface area contributed by atoms with Crippen molar-refractivity contribution in [3.8, 4) is 11.5 Å². The lowest BCUT2D eigenvalue weighted by Crippen LogP contribution is -2.44. The summed E-state index contributed by atoms with van der Waals surface area (Å²) in [6.45, 7) is 4.60. The van der Waals surface area contributed by atoms with E-state index in [2.05, 4.69) is 74.0 Å². The van der Waals surface area contributed by atoms with Gasteiger partial charge in [-0.15, -0.1) is 0 Å². The normalized spacial score (nSPS) is 18.2. The smallest absolute Gasteiger partial charge is 0.191 e. The molecule has 7 heteroatoms. The van der Waals surface area contributed by atoms with Crippen LogP contribution in [-0.2, 0) is 6.54 Å². The van der Waals surface area contributed by atoms with E-state index in [4.69, 9.17) is 9.47 Å². The number of nitrogens with one attached hydrogen (secondary N) is 2. The first-order valence-corrected chi connectivity index (χ1v) is 11.1. The molecular weight excluding hydrogens is 402 g/mol. The van der Waals surface area contributed by atoms with Gasteiger partial charge in [-0.2, -0.15) is 0 Å². The Morgan fingerprint density at radius 3 is 2.28 bits per heavy atom. The summed E-state index contributed by atoms with van der Waals surface area (Å²) in [6, 6.07) is 15.1. The molecule has 2 aromatic carbocycles. The third-order valence-corrected chi connectivity index (χ3v) is 6.03. The van der Waals surface area contributed by atoms with Crippen LogP contribution in [0.4, 0.5) is 11.4 Å². The summed E-state index contributed by atoms with van der Waals surface area (Å²) in [5, 5.41) is 7.01. The first kappa shape index (κ1) is 21.9. The third-order valence-electron chi connectivity index (χ3n) is 6.03. The van der Waals surface area contributed by atoms with Gasteiger partial charge in [0.1, 0.15) is 11.5 Å². The van der Waals surface area contributed by atoms with E-state index in [0.29, 0.717) is 6.04 Å². The monoisotopic (exact) mass is 435 g/mol. The zero-order valence-electron chi connectivity index (χ0n) is 19.2. The number of methoxy groups -OCH3 is 2. The van der Waals surface area contributed by atoms with E-state index in [9.17, 15) is 0 Å². The van der Waals surface area contributed by atoms with Crippen LogP contribution in [0, 0.1) is 0 Å². The molecule has 2 aromatic rings. The summed E-state index contributed by atoms with van der Waals surface area (Å²) < 4.78 is 10.8.